The van der Waals surface area contributed by atoms with Gasteiger partial charge < -0.3 is 9.64 Å². The van der Waals surface area contributed by atoms with E-state index in [0.29, 0.717) is 44.7 Å². The number of carbonyl (C=O) groups excluding carboxylic acids is 3. The van der Waals surface area contributed by atoms with Crippen molar-refractivity contribution >= 4 is 40.4 Å². The number of nitrogens with zero attached hydrogens (tertiary/aromatic N) is 5. The third kappa shape index (κ3) is 8.76. The molecule has 1 saturated heterocycles. The van der Waals surface area contributed by atoms with E-state index in [0.717, 1.165) is 23.5 Å². The molecule has 0 bridgehead atoms. The number of carbonyl (C=O) groups is 3. The molecule has 4 rings (SSSR count). The lowest BCUT2D eigenvalue weighted by molar-refractivity contribution is -0.396. The van der Waals surface area contributed by atoms with Crippen LogP contribution in [0.4, 0.5) is 21.9 Å². The van der Waals surface area contributed by atoms with E-state index in [9.17, 15) is 24.5 Å². The van der Waals surface area contributed by atoms with Crippen molar-refractivity contribution in [3.63, 3.8) is 0 Å². The predicted molar refractivity (Wildman–Crippen MR) is 181 cm³/mol. The van der Waals surface area contributed by atoms with Gasteiger partial charge in [0.2, 0.25) is 5.78 Å². The molecule has 0 atom stereocenters. The number of unbranched alkanes of at least 4 members (excludes halogenated alkanes) is 2. The molecule has 3 aromatic carbocycles. The lowest BCUT2D eigenvalue weighted by Crippen LogP contribution is -2.54. The molecule has 48 heavy (non-hydrogen) atoms. The third-order valence-corrected chi connectivity index (χ3v) is 8.33. The Labute approximate surface area is 279 Å². The maximum Gasteiger partial charge on any atom is 0.683 e. The smallest absolute Gasteiger partial charge is 0.379 e. The summed E-state index contributed by atoms with van der Waals surface area (Å²) in [5, 5.41) is 23.0. The average molecular weight is 654 g/mol. The Bertz CT molecular complexity index is 1670. The summed E-state index contributed by atoms with van der Waals surface area (Å²) in [4.78, 5) is 56.3. The van der Waals surface area contributed by atoms with Crippen molar-refractivity contribution in [2.75, 3.05) is 31.2 Å². The molecule has 0 aromatic heterocycles. The van der Waals surface area contributed by atoms with Gasteiger partial charge >= 0.3 is 6.09 Å². The van der Waals surface area contributed by atoms with Crippen LogP contribution in [0.3, 0.4) is 0 Å². The van der Waals surface area contributed by atoms with E-state index in [-0.39, 0.29) is 29.9 Å². The van der Waals surface area contributed by atoms with E-state index in [1.807, 2.05) is 73.3 Å². The first kappa shape index (κ1) is 35.6. The van der Waals surface area contributed by atoms with Gasteiger partial charge in [-0.05, 0) is 106 Å². The molecular formula is C36H39N5O7. The molecule has 0 unspecified atom stereocenters. The number of amides is 1. The van der Waals surface area contributed by atoms with Gasteiger partial charge in [0.1, 0.15) is 10.6 Å². The van der Waals surface area contributed by atoms with Gasteiger partial charge in [-0.1, -0.05) is 24.2 Å². The molecule has 1 fully saturated rings. The lowest BCUT2D eigenvalue weighted by Gasteiger charge is -2.39. The fourth-order valence-electron chi connectivity index (χ4n) is 5.46. The summed E-state index contributed by atoms with van der Waals surface area (Å²) >= 11 is 0. The second-order valence-electron chi connectivity index (χ2n) is 11.8. The number of morpholine rings is 1. The number of anilines is 3. The average Bonchev–Trinajstić information content (AvgIpc) is 3.12. The first-order valence-electron chi connectivity index (χ1n) is 15.9. The zero-order chi connectivity index (χ0) is 34.7. The van der Waals surface area contributed by atoms with Crippen molar-refractivity contribution in [1.82, 2.24) is 4.90 Å². The molecule has 1 heterocycles. The fourth-order valence-corrected chi connectivity index (χ4v) is 5.46. The van der Waals surface area contributed by atoms with Gasteiger partial charge in [0.25, 0.3) is 0 Å². The predicted octanol–water partition coefficient (Wildman–Crippen LogP) is 7.05. The van der Waals surface area contributed by atoms with Crippen LogP contribution in [0.2, 0.25) is 0 Å². The van der Waals surface area contributed by atoms with E-state index in [4.69, 9.17) is 10.00 Å². The van der Waals surface area contributed by atoms with Crippen molar-refractivity contribution < 1.29 is 28.9 Å². The number of rotatable bonds is 14. The summed E-state index contributed by atoms with van der Waals surface area (Å²) < 4.78 is 5.47. The van der Waals surface area contributed by atoms with Gasteiger partial charge in [-0.15, -0.1) is 0 Å². The number of Topliss-reactive ketones (excluding diaryl/α,β-unsaturated/α-hetero) is 2. The molecule has 1 amide bonds. The van der Waals surface area contributed by atoms with Gasteiger partial charge in [0.05, 0.1) is 24.8 Å². The molecule has 3 aromatic rings. The van der Waals surface area contributed by atoms with E-state index >= 15 is 0 Å². The highest BCUT2D eigenvalue weighted by Gasteiger charge is 2.36. The Morgan fingerprint density at radius 3 is 2.00 bits per heavy atom. The first-order valence-corrected chi connectivity index (χ1v) is 15.9. The van der Waals surface area contributed by atoms with Crippen LogP contribution in [0, 0.1) is 21.4 Å². The van der Waals surface area contributed by atoms with Crippen molar-refractivity contribution in [2.45, 2.75) is 58.4 Å². The summed E-state index contributed by atoms with van der Waals surface area (Å²) in [6.07, 6.45) is 0.290. The normalized spacial score (nSPS) is 13.8. The third-order valence-electron chi connectivity index (χ3n) is 8.33. The number of hydrogen-bond donors (Lipinski definition) is 0. The number of benzene rings is 3. The summed E-state index contributed by atoms with van der Waals surface area (Å²) in [5.41, 5.74) is 3.54. The second-order valence-corrected chi connectivity index (χ2v) is 11.8. The van der Waals surface area contributed by atoms with Crippen molar-refractivity contribution in [2.24, 2.45) is 5.16 Å². The minimum absolute atomic E-state index is 0.0200. The molecule has 0 aliphatic carbocycles. The highest BCUT2D eigenvalue weighted by Crippen LogP contribution is 2.35. The van der Waals surface area contributed by atoms with Crippen LogP contribution in [-0.2, 0) is 16.0 Å². The Hall–Kier alpha value is -5.25. The van der Waals surface area contributed by atoms with Gasteiger partial charge in [-0.2, -0.15) is 10.1 Å². The number of hydrogen-bond acceptors (Lipinski definition) is 11. The Balaban J connectivity index is 1.63. The van der Waals surface area contributed by atoms with Crippen LogP contribution in [0.1, 0.15) is 72.7 Å². The van der Waals surface area contributed by atoms with Crippen LogP contribution in [0.5, 0.6) is 0 Å². The van der Waals surface area contributed by atoms with Crippen molar-refractivity contribution in [3.05, 3.63) is 99.6 Å². The molecule has 0 N–H and O–H groups in total. The van der Waals surface area contributed by atoms with Crippen molar-refractivity contribution in [3.8, 4) is 6.07 Å². The second kappa shape index (κ2) is 16.5. The van der Waals surface area contributed by atoms with E-state index in [1.54, 1.807) is 24.3 Å². The quantitative estimate of drug-likeness (QED) is 0.0441. The molecule has 0 radical (unpaired) electrons. The molecule has 1 aliphatic rings. The minimum Gasteiger partial charge on any atom is -0.379 e. The zero-order valence-electron chi connectivity index (χ0n) is 27.4. The van der Waals surface area contributed by atoms with Gasteiger partial charge in [-0.25, -0.2) is 0 Å². The highest BCUT2D eigenvalue weighted by atomic mass is 16.8. The van der Waals surface area contributed by atoms with Crippen LogP contribution < -0.4 is 4.90 Å². The van der Waals surface area contributed by atoms with Crippen LogP contribution in [0.25, 0.3) is 0 Å². The monoisotopic (exact) mass is 653 g/mol. The first-order chi connectivity index (χ1) is 23.1. The Morgan fingerprint density at radius 1 is 0.938 bits per heavy atom. The number of nitriles is 1. The maximum atomic E-state index is 13.6. The fraction of sp³-hybridized carbons (Fsp3) is 0.361. The highest BCUT2D eigenvalue weighted by molar-refractivity contribution is 6.45. The summed E-state index contributed by atoms with van der Waals surface area (Å²) in [7, 11) is 0. The molecule has 0 spiro atoms. The molecule has 1 aliphatic heterocycles. The van der Waals surface area contributed by atoms with Gasteiger partial charge in [0, 0.05) is 47.7 Å². The standard InChI is InChI=1S/C36H39N5O7/c1-4-26-9-15-29(16-10-26)40(31-19-13-28(14-20-31)34(43)36(2,3)39-22-24-47-25-23-39)30-17-11-27(12-18-30)33(42)32(8-6-5-7-21-37)38-48-35(44)41(45)46/h9-20H,4-8,22-25H2,1-3H3/b38-32+. The SMILES string of the molecule is CCc1ccc(N(c2ccc(C(=O)/C(CCCCC#N)=N/OC(=O)[N+](=O)[O-])cc2)c2ccc(C(=O)C(C)(C)N3CCOCC3)cc2)cc1. The number of ketones is 2. The largest absolute Gasteiger partial charge is 0.683 e. The molecule has 250 valence electrons. The number of nitro groups is 1. The zero-order valence-corrected chi connectivity index (χ0v) is 27.4. The summed E-state index contributed by atoms with van der Waals surface area (Å²) in [5.74, 6) is -0.536. The maximum absolute atomic E-state index is 13.6. The van der Waals surface area contributed by atoms with Gasteiger partial charge in [-0.3, -0.25) is 29.4 Å². The number of aryl methyl sites for hydroxylation is 1. The Morgan fingerprint density at radius 2 is 1.48 bits per heavy atom. The summed E-state index contributed by atoms with van der Waals surface area (Å²) in [6.45, 7) is 8.52. The topological polar surface area (TPSA) is 155 Å². The van der Waals surface area contributed by atoms with E-state index in [1.165, 1.54) is 5.56 Å². The molecule has 12 heteroatoms. The molecular weight excluding hydrogens is 614 g/mol. The van der Waals surface area contributed by atoms with E-state index < -0.39 is 22.3 Å². The van der Waals surface area contributed by atoms with Crippen LogP contribution >= 0.6 is 0 Å². The van der Waals surface area contributed by atoms with Crippen LogP contribution in [0.15, 0.2) is 78.0 Å². The van der Waals surface area contributed by atoms with Crippen molar-refractivity contribution in [1.29, 1.82) is 5.26 Å². The minimum atomic E-state index is -1.80. The number of ether oxygens (including phenoxy) is 1. The number of oxime groups is 1. The lowest BCUT2D eigenvalue weighted by atomic mass is 9.90. The van der Waals surface area contributed by atoms with Gasteiger partial charge in [0.15, 0.2) is 5.78 Å². The van der Waals surface area contributed by atoms with Crippen LogP contribution in [-0.4, -0.2) is 65.0 Å². The summed E-state index contributed by atoms with van der Waals surface area (Å²) in [6, 6.07) is 24.3. The Kier molecular flexibility index (Phi) is 12.3. The van der Waals surface area contributed by atoms with E-state index in [2.05, 4.69) is 21.8 Å². The molecule has 0 saturated carbocycles. The molecule has 12 nitrogen and oxygen atoms in total.